The number of rotatable bonds is 6. The van der Waals surface area contributed by atoms with Gasteiger partial charge in [-0.15, -0.1) is 0 Å². The van der Waals surface area contributed by atoms with Crippen LogP contribution in [0.25, 0.3) is 0 Å². The molecule has 0 spiro atoms. The Bertz CT molecular complexity index is 819. The zero-order chi connectivity index (χ0) is 17.9. The summed E-state index contributed by atoms with van der Waals surface area (Å²) in [6.45, 7) is 3.85. The van der Waals surface area contributed by atoms with Crippen LogP contribution in [0.3, 0.4) is 0 Å². The molecule has 2 aromatic rings. The lowest BCUT2D eigenvalue weighted by molar-refractivity contribution is 0.338. The van der Waals surface area contributed by atoms with Crippen molar-refractivity contribution in [3.63, 3.8) is 0 Å². The highest BCUT2D eigenvalue weighted by Gasteiger charge is 2.30. The first-order valence-corrected chi connectivity index (χ1v) is 9.90. The van der Waals surface area contributed by atoms with Crippen LogP contribution in [-0.2, 0) is 29.7 Å². The molecular weight excluding hydrogens is 336 g/mol. The van der Waals surface area contributed by atoms with Crippen LogP contribution in [0, 0.1) is 0 Å². The van der Waals surface area contributed by atoms with Gasteiger partial charge in [0.15, 0.2) is 0 Å². The minimum Gasteiger partial charge on any atom is -0.494 e. The fourth-order valence-electron chi connectivity index (χ4n) is 3.06. The number of fused-ring (bicyclic) bond motifs is 1. The van der Waals surface area contributed by atoms with Gasteiger partial charge >= 0.3 is 0 Å². The normalized spacial score (nSPS) is 15.2. The van der Waals surface area contributed by atoms with E-state index in [0.717, 1.165) is 23.3 Å². The maximum atomic E-state index is 12.9. The Kier molecular flexibility index (Phi) is 5.42. The Hall–Kier alpha value is -1.89. The van der Waals surface area contributed by atoms with Gasteiger partial charge in [-0.1, -0.05) is 36.4 Å². The third-order valence-corrected chi connectivity index (χ3v) is 6.34. The van der Waals surface area contributed by atoms with E-state index in [1.165, 1.54) is 9.87 Å². The van der Waals surface area contributed by atoms with Gasteiger partial charge in [0.1, 0.15) is 5.75 Å². The van der Waals surface area contributed by atoms with E-state index in [1.807, 2.05) is 49.4 Å². The van der Waals surface area contributed by atoms with Crippen molar-refractivity contribution in [3.8, 4) is 5.75 Å². The second kappa shape index (κ2) is 7.56. The van der Waals surface area contributed by atoms with Crippen LogP contribution in [0.1, 0.15) is 23.6 Å². The SMILES string of the molecule is CCOc1ccc(CN(C)S(=O)(=O)N2CCc3ccccc3C2)cc1. The number of hydrogen-bond acceptors (Lipinski definition) is 3. The average Bonchev–Trinajstić information content (AvgIpc) is 2.63. The molecule has 0 atom stereocenters. The highest BCUT2D eigenvalue weighted by Crippen LogP contribution is 2.23. The highest BCUT2D eigenvalue weighted by atomic mass is 32.2. The molecule has 2 aromatic carbocycles. The summed E-state index contributed by atoms with van der Waals surface area (Å²) in [6, 6.07) is 15.6. The van der Waals surface area contributed by atoms with Gasteiger partial charge in [0.05, 0.1) is 6.61 Å². The Morgan fingerprint density at radius 3 is 2.44 bits per heavy atom. The molecule has 6 heteroatoms. The Labute approximate surface area is 150 Å². The zero-order valence-electron chi connectivity index (χ0n) is 14.7. The summed E-state index contributed by atoms with van der Waals surface area (Å²) in [6.07, 6.45) is 0.756. The van der Waals surface area contributed by atoms with Gasteiger partial charge in [-0.05, 0) is 42.2 Å². The molecule has 0 aliphatic carbocycles. The molecule has 1 aliphatic rings. The molecule has 0 saturated carbocycles. The third-order valence-electron chi connectivity index (χ3n) is 4.46. The lowest BCUT2D eigenvalue weighted by atomic mass is 10.0. The molecule has 0 aromatic heterocycles. The second-order valence-corrected chi connectivity index (χ2v) is 8.23. The molecule has 1 aliphatic heterocycles. The predicted molar refractivity (Wildman–Crippen MR) is 98.6 cm³/mol. The van der Waals surface area contributed by atoms with Crippen molar-refractivity contribution in [1.29, 1.82) is 0 Å². The molecule has 0 unspecified atom stereocenters. The van der Waals surface area contributed by atoms with Crippen molar-refractivity contribution < 1.29 is 13.2 Å². The monoisotopic (exact) mass is 360 g/mol. The summed E-state index contributed by atoms with van der Waals surface area (Å²) in [5.74, 6) is 0.796. The second-order valence-electron chi connectivity index (χ2n) is 6.19. The first kappa shape index (κ1) is 17.9. The van der Waals surface area contributed by atoms with Gasteiger partial charge < -0.3 is 4.74 Å². The Morgan fingerprint density at radius 1 is 1.08 bits per heavy atom. The van der Waals surface area contributed by atoms with E-state index >= 15 is 0 Å². The van der Waals surface area contributed by atoms with E-state index in [4.69, 9.17) is 4.74 Å². The quantitative estimate of drug-likeness (QED) is 0.796. The number of nitrogens with zero attached hydrogens (tertiary/aromatic N) is 2. The standard InChI is InChI=1S/C19H24N2O3S/c1-3-24-19-10-8-16(9-11-19)14-20(2)25(22,23)21-13-12-17-6-4-5-7-18(17)15-21/h4-11H,3,12-15H2,1-2H3. The number of ether oxygens (including phenoxy) is 1. The molecule has 0 fully saturated rings. The predicted octanol–water partition coefficient (Wildman–Crippen LogP) is 2.82. The Balaban J connectivity index is 1.69. The summed E-state index contributed by atoms with van der Waals surface area (Å²) >= 11 is 0. The van der Waals surface area contributed by atoms with Gasteiger partial charge in [-0.2, -0.15) is 17.0 Å². The zero-order valence-corrected chi connectivity index (χ0v) is 15.5. The van der Waals surface area contributed by atoms with Crippen LogP contribution < -0.4 is 4.74 Å². The van der Waals surface area contributed by atoms with Crippen LogP contribution in [0.5, 0.6) is 5.75 Å². The summed E-state index contributed by atoms with van der Waals surface area (Å²) in [5.41, 5.74) is 3.27. The smallest absolute Gasteiger partial charge is 0.282 e. The molecule has 25 heavy (non-hydrogen) atoms. The number of benzene rings is 2. The summed E-state index contributed by atoms with van der Waals surface area (Å²) in [5, 5.41) is 0. The fourth-order valence-corrected chi connectivity index (χ4v) is 4.39. The molecule has 134 valence electrons. The Morgan fingerprint density at radius 2 is 1.76 bits per heavy atom. The molecule has 0 amide bonds. The van der Waals surface area contributed by atoms with Crippen LogP contribution in [-0.4, -0.2) is 37.2 Å². The van der Waals surface area contributed by atoms with E-state index in [0.29, 0.717) is 26.2 Å². The maximum absolute atomic E-state index is 12.9. The topological polar surface area (TPSA) is 49.9 Å². The van der Waals surface area contributed by atoms with E-state index < -0.39 is 10.2 Å². The summed E-state index contributed by atoms with van der Waals surface area (Å²) in [7, 11) is -1.86. The van der Waals surface area contributed by atoms with Gasteiger partial charge in [0.2, 0.25) is 0 Å². The van der Waals surface area contributed by atoms with Crippen molar-refractivity contribution in [2.45, 2.75) is 26.4 Å². The van der Waals surface area contributed by atoms with Crippen molar-refractivity contribution in [2.75, 3.05) is 20.2 Å². The fraction of sp³-hybridized carbons (Fsp3) is 0.368. The third kappa shape index (κ3) is 4.03. The molecule has 0 N–H and O–H groups in total. The van der Waals surface area contributed by atoms with Crippen molar-refractivity contribution in [3.05, 3.63) is 65.2 Å². The first-order valence-electron chi connectivity index (χ1n) is 8.50. The van der Waals surface area contributed by atoms with Crippen LogP contribution in [0.2, 0.25) is 0 Å². The highest BCUT2D eigenvalue weighted by molar-refractivity contribution is 7.86. The number of hydrogen-bond donors (Lipinski definition) is 0. The summed E-state index contributed by atoms with van der Waals surface area (Å²) < 4.78 is 34.2. The summed E-state index contributed by atoms with van der Waals surface area (Å²) in [4.78, 5) is 0. The van der Waals surface area contributed by atoms with Gasteiger partial charge in [-0.3, -0.25) is 0 Å². The van der Waals surface area contributed by atoms with Gasteiger partial charge in [0.25, 0.3) is 10.2 Å². The minimum absolute atomic E-state index is 0.340. The lowest BCUT2D eigenvalue weighted by Gasteiger charge is -2.31. The van der Waals surface area contributed by atoms with E-state index in [-0.39, 0.29) is 0 Å². The molecule has 0 radical (unpaired) electrons. The van der Waals surface area contributed by atoms with E-state index in [2.05, 4.69) is 6.07 Å². The van der Waals surface area contributed by atoms with E-state index in [1.54, 1.807) is 11.4 Å². The van der Waals surface area contributed by atoms with Crippen molar-refractivity contribution in [1.82, 2.24) is 8.61 Å². The average molecular weight is 360 g/mol. The van der Waals surface area contributed by atoms with Crippen molar-refractivity contribution in [2.24, 2.45) is 0 Å². The van der Waals surface area contributed by atoms with E-state index in [9.17, 15) is 8.42 Å². The molecular formula is C19H24N2O3S. The largest absolute Gasteiger partial charge is 0.494 e. The lowest BCUT2D eigenvalue weighted by Crippen LogP contribution is -2.43. The van der Waals surface area contributed by atoms with Gasteiger partial charge in [0, 0.05) is 26.7 Å². The van der Waals surface area contributed by atoms with Gasteiger partial charge in [-0.25, -0.2) is 0 Å². The molecule has 0 bridgehead atoms. The van der Waals surface area contributed by atoms with Crippen LogP contribution in [0.4, 0.5) is 0 Å². The minimum atomic E-state index is -3.49. The van der Waals surface area contributed by atoms with Crippen molar-refractivity contribution >= 4 is 10.2 Å². The molecule has 5 nitrogen and oxygen atoms in total. The van der Waals surface area contributed by atoms with Crippen LogP contribution >= 0.6 is 0 Å². The first-order chi connectivity index (χ1) is 12.0. The molecule has 0 saturated heterocycles. The molecule has 1 heterocycles. The maximum Gasteiger partial charge on any atom is 0.282 e. The molecule has 3 rings (SSSR count). The van der Waals surface area contributed by atoms with Crippen LogP contribution in [0.15, 0.2) is 48.5 Å².